The van der Waals surface area contributed by atoms with E-state index in [1.54, 1.807) is 23.2 Å². The van der Waals surface area contributed by atoms with E-state index >= 15 is 0 Å². The van der Waals surface area contributed by atoms with Crippen LogP contribution in [-0.2, 0) is 29.2 Å². The first kappa shape index (κ1) is 34.6. The van der Waals surface area contributed by atoms with Crippen molar-refractivity contribution >= 4 is 12.1 Å². The molecule has 44 heavy (non-hydrogen) atoms. The number of rotatable bonds is 8. The molecule has 1 atom stereocenters. The fraction of sp³-hybridized carbons (Fsp3) is 0.293. The van der Waals surface area contributed by atoms with E-state index in [9.17, 15) is 0 Å². The summed E-state index contributed by atoms with van der Waals surface area (Å²) < 4.78 is 3.25. The number of fused-ring (bicyclic) bond motifs is 2. The van der Waals surface area contributed by atoms with Gasteiger partial charge < -0.3 is 24.8 Å². The summed E-state index contributed by atoms with van der Waals surface area (Å²) in [5, 5.41) is 2.98. The molecule has 6 rings (SSSR count). The predicted octanol–water partition coefficient (Wildman–Crippen LogP) is 2.71. The Bertz CT molecular complexity index is 1760. The van der Waals surface area contributed by atoms with Crippen LogP contribution in [0.5, 0.6) is 0 Å². The summed E-state index contributed by atoms with van der Waals surface area (Å²) in [7, 11) is 0. The summed E-state index contributed by atoms with van der Waals surface area (Å²) in [6.07, 6.45) is 13.0. The zero-order valence-corrected chi connectivity index (χ0v) is 30.8. The van der Waals surface area contributed by atoms with Gasteiger partial charge >= 0.3 is 265 Å². The van der Waals surface area contributed by atoms with Crippen LogP contribution in [0.25, 0.3) is 8.85 Å². The Kier molecular flexibility index (Phi) is 11.3. The zero-order valence-electron chi connectivity index (χ0n) is 26.8. The molecule has 0 saturated heterocycles. The molecular formula is C41H43Cl2Zr. The van der Waals surface area contributed by atoms with Crippen molar-refractivity contribution in [3.63, 3.8) is 0 Å². The van der Waals surface area contributed by atoms with Gasteiger partial charge in [0.25, 0.3) is 0 Å². The molecule has 3 aromatic carbocycles. The topological polar surface area (TPSA) is 0 Å². The molecule has 0 spiro atoms. The fourth-order valence-corrected chi connectivity index (χ4v) is 11.2. The third-order valence-electron chi connectivity index (χ3n) is 9.65. The molecule has 3 aliphatic carbocycles. The van der Waals surface area contributed by atoms with Crippen molar-refractivity contribution in [2.45, 2.75) is 60.8 Å². The Labute approximate surface area is 288 Å². The predicted molar refractivity (Wildman–Crippen MR) is 177 cm³/mol. The number of allylic oxidation sites excluding steroid dienone is 8. The smallest absolute Gasteiger partial charge is 1.00 e. The Morgan fingerprint density at radius 1 is 0.795 bits per heavy atom. The standard InChI is InChI=1S/C28H33.C13H10.2ClH.Zr/c1-7-20-13-14-23-22(15-20)16-24-26(23)25(18(3)4)17-28(8-2,19(5)6)27(24)21-11-9-10-12-21;1-3-7-12(8-4-1)11-13-9-5-2-6-10-13;;;/h9-11,13-15,17-19H,7-8,12H2,1-6H3;1-10H;2*1H;/q;;;;+2/p-2. The largest absolute Gasteiger partial charge is 1.00 e. The van der Waals surface area contributed by atoms with Crippen LogP contribution in [0, 0.1) is 17.3 Å². The molecule has 1 unspecified atom stereocenters. The van der Waals surface area contributed by atoms with E-state index in [1.165, 1.54) is 38.3 Å². The quantitative estimate of drug-likeness (QED) is 0.340. The van der Waals surface area contributed by atoms with Gasteiger partial charge in [-0.3, -0.25) is 0 Å². The van der Waals surface area contributed by atoms with Crippen LogP contribution in [0.15, 0.2) is 125 Å². The van der Waals surface area contributed by atoms with Gasteiger partial charge in [0.1, 0.15) is 0 Å². The van der Waals surface area contributed by atoms with Gasteiger partial charge in [0.05, 0.1) is 0 Å². The second-order valence-electron chi connectivity index (χ2n) is 12.6. The first-order valence-electron chi connectivity index (χ1n) is 15.9. The second kappa shape index (κ2) is 14.4. The molecule has 0 amide bonds. The second-order valence-corrected chi connectivity index (χ2v) is 15.7. The number of benzene rings is 3. The van der Waals surface area contributed by atoms with Crippen molar-refractivity contribution in [3.05, 3.63) is 153 Å². The summed E-state index contributed by atoms with van der Waals surface area (Å²) >= 11 is -1.30. The van der Waals surface area contributed by atoms with E-state index in [-0.39, 0.29) is 30.2 Å². The van der Waals surface area contributed by atoms with Crippen LogP contribution in [0.2, 0.25) is 0 Å². The van der Waals surface area contributed by atoms with Crippen molar-refractivity contribution in [1.29, 1.82) is 0 Å². The Hall–Kier alpha value is -2.31. The van der Waals surface area contributed by atoms with Crippen LogP contribution in [0.3, 0.4) is 0 Å². The Morgan fingerprint density at radius 2 is 1.43 bits per heavy atom. The monoisotopic (exact) mass is 695 g/mol. The molecule has 0 bridgehead atoms. The molecule has 3 heteroatoms. The molecule has 0 fully saturated rings. The van der Waals surface area contributed by atoms with Crippen molar-refractivity contribution in [2.75, 3.05) is 0 Å². The van der Waals surface area contributed by atoms with Gasteiger partial charge in [0.2, 0.25) is 0 Å². The van der Waals surface area contributed by atoms with Crippen LogP contribution >= 0.6 is 0 Å². The van der Waals surface area contributed by atoms with Gasteiger partial charge in [0, 0.05) is 0 Å². The van der Waals surface area contributed by atoms with Crippen molar-refractivity contribution in [3.8, 4) is 0 Å². The normalized spacial score (nSPS) is 18.4. The molecule has 3 aromatic rings. The van der Waals surface area contributed by atoms with Crippen LogP contribution in [0.1, 0.15) is 71.1 Å². The third kappa shape index (κ3) is 5.98. The molecule has 0 aliphatic heterocycles. The SMILES string of the molecule is CCc1ccc2c(c1)=[C]([Zr+2]=[C](c1ccccc1)c1ccccc1)C1=C(C3=CC=CC3)C(CC)(C(C)C)C=C(C(C)C)C=21.[Cl-].[Cl-]. The minimum Gasteiger partial charge on any atom is -1.00 e. The number of hydrogen-bond acceptors (Lipinski definition) is 0. The Balaban J connectivity index is 0.00000221. The van der Waals surface area contributed by atoms with Crippen LogP contribution in [-0.4, -0.2) is 3.21 Å². The molecule has 0 radical (unpaired) electrons. The van der Waals surface area contributed by atoms with Gasteiger partial charge in [0.15, 0.2) is 0 Å². The van der Waals surface area contributed by atoms with Gasteiger partial charge in [-0.05, 0) is 0 Å². The molecule has 0 nitrogen and oxygen atoms in total. The van der Waals surface area contributed by atoms with E-state index in [1.807, 2.05) is 0 Å². The van der Waals surface area contributed by atoms with E-state index in [0.717, 1.165) is 19.3 Å². The maximum atomic E-state index is 2.72. The van der Waals surface area contributed by atoms with Crippen molar-refractivity contribution in [1.82, 2.24) is 0 Å². The van der Waals surface area contributed by atoms with Gasteiger partial charge in [-0.25, -0.2) is 0 Å². The minimum absolute atomic E-state index is 0. The first-order valence-corrected chi connectivity index (χ1v) is 18.3. The minimum atomic E-state index is -1.30. The number of halogens is 2. The van der Waals surface area contributed by atoms with Gasteiger partial charge in [-0.1, -0.05) is 0 Å². The molecular weight excluding hydrogens is 655 g/mol. The number of aryl methyl sites for hydroxylation is 1. The average molecular weight is 698 g/mol. The van der Waals surface area contributed by atoms with Crippen molar-refractivity contribution in [2.24, 2.45) is 17.3 Å². The molecule has 3 aliphatic rings. The summed E-state index contributed by atoms with van der Waals surface area (Å²) in [4.78, 5) is 0. The molecule has 0 aromatic heterocycles. The summed E-state index contributed by atoms with van der Waals surface area (Å²) in [6.45, 7) is 14.4. The van der Waals surface area contributed by atoms with Gasteiger partial charge in [-0.15, -0.1) is 0 Å². The molecule has 225 valence electrons. The van der Waals surface area contributed by atoms with Crippen LogP contribution in [0.4, 0.5) is 0 Å². The molecule has 0 saturated carbocycles. The summed E-state index contributed by atoms with van der Waals surface area (Å²) in [5.41, 5.74) is 12.1. The zero-order chi connectivity index (χ0) is 29.4. The summed E-state index contributed by atoms with van der Waals surface area (Å²) in [6, 6.07) is 29.8. The average Bonchev–Trinajstić information content (AvgIpc) is 3.66. The van der Waals surface area contributed by atoms with Gasteiger partial charge in [-0.2, -0.15) is 0 Å². The van der Waals surface area contributed by atoms with E-state index in [4.69, 9.17) is 0 Å². The van der Waals surface area contributed by atoms with E-state index in [2.05, 4.69) is 145 Å². The van der Waals surface area contributed by atoms with E-state index < -0.39 is 22.8 Å². The summed E-state index contributed by atoms with van der Waals surface area (Å²) in [5.74, 6) is 0.974. The van der Waals surface area contributed by atoms with E-state index in [0.29, 0.717) is 11.8 Å². The maximum absolute atomic E-state index is 2.72. The first-order chi connectivity index (χ1) is 20.4. The number of hydrogen-bond donors (Lipinski definition) is 0. The van der Waals surface area contributed by atoms with Crippen LogP contribution < -0.4 is 35.3 Å². The molecule has 0 N–H and O–H groups in total. The maximum Gasteiger partial charge on any atom is -1.00 e. The third-order valence-corrected chi connectivity index (χ3v) is 13.6. The molecule has 0 heterocycles. The Morgan fingerprint density at radius 3 is 1.93 bits per heavy atom. The van der Waals surface area contributed by atoms with Crippen molar-refractivity contribution < 1.29 is 47.6 Å². The fourth-order valence-electron chi connectivity index (χ4n) is 7.30.